The molecule has 1 fully saturated rings. The first-order chi connectivity index (χ1) is 10.8. The van der Waals surface area contributed by atoms with Crippen LogP contribution in [0, 0.1) is 0 Å². The first kappa shape index (κ1) is 15.4. The third-order valence-electron chi connectivity index (χ3n) is 4.34. The number of nitrogens with one attached hydrogen (secondary N) is 1. The zero-order valence-corrected chi connectivity index (χ0v) is 14.0. The monoisotopic (exact) mass is 316 g/mol. The molecule has 0 spiro atoms. The molecule has 2 aromatic heterocycles. The molecular formula is C17H24N4S. The molecule has 1 aliphatic rings. The first-order valence-corrected chi connectivity index (χ1v) is 8.99. The Balaban J connectivity index is 1.58. The molecule has 2 aromatic rings. The van der Waals surface area contributed by atoms with Gasteiger partial charge in [-0.1, -0.05) is 12.5 Å². The van der Waals surface area contributed by atoms with E-state index in [2.05, 4.69) is 37.7 Å². The molecule has 0 aromatic carbocycles. The molecule has 1 aliphatic heterocycles. The Morgan fingerprint density at radius 3 is 3.05 bits per heavy atom. The van der Waals surface area contributed by atoms with Gasteiger partial charge < -0.3 is 5.32 Å². The van der Waals surface area contributed by atoms with Crippen LogP contribution >= 0.6 is 11.3 Å². The van der Waals surface area contributed by atoms with Gasteiger partial charge in [-0.3, -0.25) is 9.88 Å². The zero-order chi connectivity index (χ0) is 15.2. The van der Waals surface area contributed by atoms with Crippen LogP contribution in [-0.2, 0) is 13.0 Å². The minimum absolute atomic E-state index is 0.662. The van der Waals surface area contributed by atoms with Gasteiger partial charge in [-0.05, 0) is 44.4 Å². The highest BCUT2D eigenvalue weighted by Gasteiger charge is 2.23. The molecule has 3 rings (SSSR count). The number of thiazole rings is 1. The Morgan fingerprint density at radius 1 is 1.32 bits per heavy atom. The maximum atomic E-state index is 4.63. The van der Waals surface area contributed by atoms with Crippen LogP contribution in [0.5, 0.6) is 0 Å². The number of piperidine rings is 1. The molecule has 22 heavy (non-hydrogen) atoms. The summed E-state index contributed by atoms with van der Waals surface area (Å²) >= 11 is 1.69. The Kier molecular flexibility index (Phi) is 5.40. The van der Waals surface area contributed by atoms with Crippen LogP contribution < -0.4 is 5.32 Å². The fourth-order valence-corrected chi connectivity index (χ4v) is 3.82. The molecular weight excluding hydrogens is 292 g/mol. The average molecular weight is 316 g/mol. The SMILES string of the molecule is CNc1nc(CN2CCCCC2CCc2ccccn2)cs1. The number of nitrogens with zero attached hydrogens (tertiary/aromatic N) is 3. The van der Waals surface area contributed by atoms with E-state index in [0.717, 1.165) is 18.1 Å². The van der Waals surface area contributed by atoms with Crippen molar-refractivity contribution in [3.05, 3.63) is 41.2 Å². The van der Waals surface area contributed by atoms with Crippen molar-refractivity contribution in [1.82, 2.24) is 14.9 Å². The summed E-state index contributed by atoms with van der Waals surface area (Å²) in [5.74, 6) is 0. The predicted octanol–water partition coefficient (Wildman–Crippen LogP) is 3.57. The summed E-state index contributed by atoms with van der Waals surface area (Å²) in [5, 5.41) is 6.31. The fraction of sp³-hybridized carbons (Fsp3) is 0.529. The van der Waals surface area contributed by atoms with Gasteiger partial charge in [0.1, 0.15) is 0 Å². The molecule has 0 bridgehead atoms. The van der Waals surface area contributed by atoms with Gasteiger partial charge in [-0.15, -0.1) is 11.3 Å². The zero-order valence-electron chi connectivity index (χ0n) is 13.2. The van der Waals surface area contributed by atoms with Crippen molar-refractivity contribution in [3.63, 3.8) is 0 Å². The first-order valence-electron chi connectivity index (χ1n) is 8.11. The van der Waals surface area contributed by atoms with E-state index in [4.69, 9.17) is 0 Å². The second-order valence-electron chi connectivity index (χ2n) is 5.87. The lowest BCUT2D eigenvalue weighted by Crippen LogP contribution is -2.39. The van der Waals surface area contributed by atoms with Crippen LogP contribution in [0.3, 0.4) is 0 Å². The normalized spacial score (nSPS) is 19.2. The summed E-state index contributed by atoms with van der Waals surface area (Å²) in [6, 6.07) is 6.86. The molecule has 118 valence electrons. The summed E-state index contributed by atoms with van der Waals surface area (Å²) in [4.78, 5) is 11.7. The molecule has 1 unspecified atom stereocenters. The van der Waals surface area contributed by atoms with E-state index < -0.39 is 0 Å². The standard InChI is InChI=1S/C17H24N4S/c1-18-17-20-15(13-22-17)12-21-11-5-3-7-16(21)9-8-14-6-2-4-10-19-14/h2,4,6,10,13,16H,3,5,7-9,11-12H2,1H3,(H,18,20). The van der Waals surface area contributed by atoms with Crippen LogP contribution in [0.2, 0.25) is 0 Å². The van der Waals surface area contributed by atoms with Gasteiger partial charge in [0.15, 0.2) is 5.13 Å². The van der Waals surface area contributed by atoms with Crippen molar-refractivity contribution >= 4 is 16.5 Å². The molecule has 0 aliphatic carbocycles. The lowest BCUT2D eigenvalue weighted by atomic mass is 9.97. The Hall–Kier alpha value is -1.46. The molecule has 5 heteroatoms. The number of pyridine rings is 1. The molecule has 3 heterocycles. The van der Waals surface area contributed by atoms with Crippen molar-refractivity contribution < 1.29 is 0 Å². The largest absolute Gasteiger partial charge is 0.365 e. The van der Waals surface area contributed by atoms with Crippen molar-refractivity contribution in [2.24, 2.45) is 0 Å². The van der Waals surface area contributed by atoms with Gasteiger partial charge in [0.2, 0.25) is 0 Å². The number of rotatable bonds is 6. The number of aromatic nitrogens is 2. The Bertz CT molecular complexity index is 569. The average Bonchev–Trinajstić information content (AvgIpc) is 3.03. The molecule has 0 saturated carbocycles. The van der Waals surface area contributed by atoms with E-state index in [1.165, 1.54) is 43.6 Å². The van der Waals surface area contributed by atoms with Gasteiger partial charge in [0.25, 0.3) is 0 Å². The van der Waals surface area contributed by atoms with Crippen LogP contribution in [-0.4, -0.2) is 34.5 Å². The van der Waals surface area contributed by atoms with Gasteiger partial charge in [-0.2, -0.15) is 0 Å². The molecule has 0 amide bonds. The van der Waals surface area contributed by atoms with E-state index in [-0.39, 0.29) is 0 Å². The van der Waals surface area contributed by atoms with Crippen LogP contribution in [0.1, 0.15) is 37.1 Å². The van der Waals surface area contributed by atoms with Gasteiger partial charge in [-0.25, -0.2) is 4.98 Å². The Labute approximate surface area is 136 Å². The van der Waals surface area contributed by atoms with Crippen LogP contribution in [0.4, 0.5) is 5.13 Å². The smallest absolute Gasteiger partial charge is 0.182 e. The summed E-state index contributed by atoms with van der Waals surface area (Å²) in [6.45, 7) is 2.17. The number of aryl methyl sites for hydroxylation is 1. The van der Waals surface area contributed by atoms with Crippen molar-refractivity contribution in [3.8, 4) is 0 Å². The topological polar surface area (TPSA) is 41.1 Å². The minimum atomic E-state index is 0.662. The molecule has 1 N–H and O–H groups in total. The number of hydrogen-bond acceptors (Lipinski definition) is 5. The number of hydrogen-bond donors (Lipinski definition) is 1. The van der Waals surface area contributed by atoms with Gasteiger partial charge in [0.05, 0.1) is 5.69 Å². The minimum Gasteiger partial charge on any atom is -0.365 e. The summed E-state index contributed by atoms with van der Waals surface area (Å²) in [5.41, 5.74) is 2.40. The third kappa shape index (κ3) is 4.05. The predicted molar refractivity (Wildman–Crippen MR) is 92.3 cm³/mol. The highest BCUT2D eigenvalue weighted by Crippen LogP contribution is 2.24. The fourth-order valence-electron chi connectivity index (χ4n) is 3.16. The lowest BCUT2D eigenvalue weighted by Gasteiger charge is -2.35. The quantitative estimate of drug-likeness (QED) is 0.884. The van der Waals surface area contributed by atoms with Gasteiger partial charge in [0, 0.05) is 36.9 Å². The lowest BCUT2D eigenvalue weighted by molar-refractivity contribution is 0.131. The highest BCUT2D eigenvalue weighted by molar-refractivity contribution is 7.13. The molecule has 1 atom stereocenters. The highest BCUT2D eigenvalue weighted by atomic mass is 32.1. The summed E-state index contributed by atoms with van der Waals surface area (Å²) in [6.07, 6.45) is 8.12. The van der Waals surface area contributed by atoms with Crippen molar-refractivity contribution in [2.45, 2.75) is 44.7 Å². The van der Waals surface area contributed by atoms with E-state index in [1.54, 1.807) is 11.3 Å². The number of anilines is 1. The van der Waals surface area contributed by atoms with E-state index in [9.17, 15) is 0 Å². The van der Waals surface area contributed by atoms with Crippen molar-refractivity contribution in [1.29, 1.82) is 0 Å². The van der Waals surface area contributed by atoms with Crippen LogP contribution in [0.25, 0.3) is 0 Å². The van der Waals surface area contributed by atoms with Crippen molar-refractivity contribution in [2.75, 3.05) is 18.9 Å². The maximum Gasteiger partial charge on any atom is 0.182 e. The van der Waals surface area contributed by atoms with E-state index in [0.29, 0.717) is 6.04 Å². The number of likely N-dealkylation sites (tertiary alicyclic amines) is 1. The third-order valence-corrected chi connectivity index (χ3v) is 5.25. The molecule has 4 nitrogen and oxygen atoms in total. The molecule has 1 saturated heterocycles. The summed E-state index contributed by atoms with van der Waals surface area (Å²) in [7, 11) is 1.93. The summed E-state index contributed by atoms with van der Waals surface area (Å²) < 4.78 is 0. The van der Waals surface area contributed by atoms with E-state index in [1.807, 2.05) is 19.3 Å². The Morgan fingerprint density at radius 2 is 2.27 bits per heavy atom. The second-order valence-corrected chi connectivity index (χ2v) is 6.73. The second kappa shape index (κ2) is 7.70. The van der Waals surface area contributed by atoms with E-state index >= 15 is 0 Å². The van der Waals surface area contributed by atoms with Gasteiger partial charge >= 0.3 is 0 Å². The molecule has 0 radical (unpaired) electrons. The van der Waals surface area contributed by atoms with Crippen LogP contribution in [0.15, 0.2) is 29.8 Å². The maximum absolute atomic E-state index is 4.63.